The molecule has 0 amide bonds. The lowest BCUT2D eigenvalue weighted by molar-refractivity contribution is -0.0393. The third kappa shape index (κ3) is 5.51. The summed E-state index contributed by atoms with van der Waals surface area (Å²) in [6.45, 7) is 4.44. The third-order valence-electron chi connectivity index (χ3n) is 6.75. The summed E-state index contributed by atoms with van der Waals surface area (Å²) in [6, 6.07) is 12.0. The van der Waals surface area contributed by atoms with Crippen LogP contribution in [0.25, 0.3) is 11.2 Å². The fourth-order valence-corrected chi connectivity index (χ4v) is 4.57. The summed E-state index contributed by atoms with van der Waals surface area (Å²) in [7, 11) is 1.64. The second-order valence-electron chi connectivity index (χ2n) is 9.90. The monoisotopic (exact) mass is 506 g/mol. The van der Waals surface area contributed by atoms with Crippen LogP contribution in [0.2, 0.25) is 0 Å². The number of aromatic amines is 1. The molecule has 37 heavy (non-hydrogen) atoms. The molecule has 0 saturated heterocycles. The predicted octanol–water partition coefficient (Wildman–Crippen LogP) is 5.09. The van der Waals surface area contributed by atoms with Crippen molar-refractivity contribution < 1.29 is 18.6 Å². The van der Waals surface area contributed by atoms with E-state index in [9.17, 15) is 9.18 Å². The number of hydrogen-bond donors (Lipinski definition) is 1. The van der Waals surface area contributed by atoms with Gasteiger partial charge in [0.15, 0.2) is 22.7 Å². The van der Waals surface area contributed by atoms with Crippen molar-refractivity contribution in [1.82, 2.24) is 19.5 Å². The lowest BCUT2D eigenvalue weighted by Crippen LogP contribution is -2.23. The number of H-pyrrole nitrogens is 1. The molecule has 1 aliphatic rings. The first kappa shape index (κ1) is 25.0. The lowest BCUT2D eigenvalue weighted by Gasteiger charge is -2.23. The summed E-state index contributed by atoms with van der Waals surface area (Å²) in [4.78, 5) is 24.5. The van der Waals surface area contributed by atoms with Gasteiger partial charge in [-0.3, -0.25) is 4.79 Å². The molecule has 0 radical (unpaired) electrons. The van der Waals surface area contributed by atoms with Gasteiger partial charge in [0.05, 0.1) is 26.4 Å². The van der Waals surface area contributed by atoms with Gasteiger partial charge in [-0.1, -0.05) is 18.2 Å². The van der Waals surface area contributed by atoms with Crippen molar-refractivity contribution in [3.63, 3.8) is 0 Å². The van der Waals surface area contributed by atoms with Crippen molar-refractivity contribution >= 4 is 11.2 Å². The van der Waals surface area contributed by atoms with Crippen molar-refractivity contribution in [2.45, 2.75) is 64.4 Å². The molecule has 2 heterocycles. The number of methoxy groups -OCH3 is 1. The highest BCUT2D eigenvalue weighted by Gasteiger charge is 2.27. The molecule has 4 aromatic rings. The number of rotatable bonds is 9. The first-order valence-corrected chi connectivity index (χ1v) is 12.5. The smallest absolute Gasteiger partial charge is 0.298 e. The molecule has 9 heteroatoms. The molecule has 1 N–H and O–H groups in total. The van der Waals surface area contributed by atoms with Crippen LogP contribution in [-0.4, -0.2) is 32.7 Å². The Balaban J connectivity index is 1.40. The van der Waals surface area contributed by atoms with E-state index >= 15 is 0 Å². The molecule has 0 atom stereocenters. The summed E-state index contributed by atoms with van der Waals surface area (Å²) in [5.74, 6) is 1.62. The van der Waals surface area contributed by atoms with Crippen LogP contribution < -0.4 is 15.0 Å². The molecule has 0 bridgehead atoms. The average Bonchev–Trinajstić information content (AvgIpc) is 3.57. The van der Waals surface area contributed by atoms with Crippen LogP contribution in [0.4, 0.5) is 4.39 Å². The van der Waals surface area contributed by atoms with Gasteiger partial charge in [0, 0.05) is 0 Å². The van der Waals surface area contributed by atoms with Crippen molar-refractivity contribution in [2.24, 2.45) is 0 Å². The predicted molar refractivity (Wildman–Crippen MR) is 137 cm³/mol. The molecule has 0 unspecified atom stereocenters. The number of aromatic nitrogens is 4. The zero-order valence-corrected chi connectivity index (χ0v) is 21.3. The van der Waals surface area contributed by atoms with E-state index in [-0.39, 0.29) is 24.1 Å². The Kier molecular flexibility index (Phi) is 6.97. The Morgan fingerprint density at radius 2 is 1.81 bits per heavy atom. The Morgan fingerprint density at radius 3 is 2.54 bits per heavy atom. The molecule has 0 aliphatic heterocycles. The maximum atomic E-state index is 13.2. The minimum atomic E-state index is -0.833. The van der Waals surface area contributed by atoms with Crippen LogP contribution in [0.1, 0.15) is 56.5 Å². The first-order valence-electron chi connectivity index (χ1n) is 12.5. The highest BCUT2D eigenvalue weighted by Crippen LogP contribution is 2.33. The van der Waals surface area contributed by atoms with Gasteiger partial charge in [-0.05, 0) is 74.9 Å². The van der Waals surface area contributed by atoms with Gasteiger partial charge in [-0.15, -0.1) is 0 Å². The zero-order valence-electron chi connectivity index (χ0n) is 21.3. The van der Waals surface area contributed by atoms with Crippen LogP contribution in [0.15, 0.2) is 53.6 Å². The van der Waals surface area contributed by atoms with Gasteiger partial charge in [-0.2, -0.15) is 4.98 Å². The Bertz CT molecular complexity index is 1440. The number of ether oxygens (including phenoxy) is 3. The molecule has 0 spiro atoms. The minimum Gasteiger partial charge on any atom is -0.493 e. The van der Waals surface area contributed by atoms with E-state index in [2.05, 4.69) is 9.97 Å². The van der Waals surface area contributed by atoms with E-state index in [1.807, 2.05) is 36.6 Å². The van der Waals surface area contributed by atoms with Crippen molar-refractivity contribution in [3.05, 3.63) is 81.9 Å². The van der Waals surface area contributed by atoms with Crippen molar-refractivity contribution in [3.8, 4) is 11.5 Å². The van der Waals surface area contributed by atoms with Crippen LogP contribution in [-0.2, 0) is 23.5 Å². The number of fused-ring (bicyclic) bond motifs is 1. The van der Waals surface area contributed by atoms with Gasteiger partial charge in [0.2, 0.25) is 0 Å². The summed E-state index contributed by atoms with van der Waals surface area (Å²) >= 11 is 0. The lowest BCUT2D eigenvalue weighted by atomic mass is 10.1. The molecular formula is C28H31FN4O4. The Labute approximate surface area is 214 Å². The first-order chi connectivity index (χ1) is 17.8. The summed E-state index contributed by atoms with van der Waals surface area (Å²) in [6.07, 6.45) is 6.16. The molecule has 2 aromatic carbocycles. The van der Waals surface area contributed by atoms with Gasteiger partial charge in [-0.25, -0.2) is 9.37 Å². The Morgan fingerprint density at radius 1 is 1.08 bits per heavy atom. The van der Waals surface area contributed by atoms with Gasteiger partial charge >= 0.3 is 0 Å². The molecule has 1 fully saturated rings. The highest BCUT2D eigenvalue weighted by molar-refractivity contribution is 5.70. The fourth-order valence-electron chi connectivity index (χ4n) is 4.57. The average molecular weight is 507 g/mol. The topological polar surface area (TPSA) is 91.3 Å². The largest absolute Gasteiger partial charge is 0.493 e. The van der Waals surface area contributed by atoms with Crippen LogP contribution in [0.3, 0.4) is 0 Å². The maximum Gasteiger partial charge on any atom is 0.298 e. The molecule has 194 valence electrons. The van der Waals surface area contributed by atoms with Crippen LogP contribution in [0.5, 0.6) is 11.5 Å². The molecule has 2 aromatic heterocycles. The second-order valence-corrected chi connectivity index (χ2v) is 9.90. The number of halogens is 1. The van der Waals surface area contributed by atoms with Crippen molar-refractivity contribution in [2.75, 3.05) is 7.11 Å². The van der Waals surface area contributed by atoms with Gasteiger partial charge in [0.25, 0.3) is 5.56 Å². The molecule has 1 aliphatic carbocycles. The van der Waals surface area contributed by atoms with Gasteiger partial charge < -0.3 is 23.8 Å². The van der Waals surface area contributed by atoms with E-state index in [0.717, 1.165) is 29.7 Å². The summed E-state index contributed by atoms with van der Waals surface area (Å²) in [5, 5.41) is 0. The van der Waals surface area contributed by atoms with Crippen LogP contribution >= 0.6 is 0 Å². The third-order valence-corrected chi connectivity index (χ3v) is 6.75. The van der Waals surface area contributed by atoms with Crippen LogP contribution in [0, 0.1) is 5.82 Å². The Hall–Kier alpha value is -3.72. The van der Waals surface area contributed by atoms with E-state index in [4.69, 9.17) is 19.2 Å². The van der Waals surface area contributed by atoms with E-state index in [1.165, 1.54) is 31.3 Å². The molecule has 8 nitrogen and oxygen atoms in total. The normalized spacial score (nSPS) is 14.4. The number of imidazole rings is 1. The quantitative estimate of drug-likeness (QED) is 0.340. The van der Waals surface area contributed by atoms with E-state index < -0.39 is 5.60 Å². The summed E-state index contributed by atoms with van der Waals surface area (Å²) in [5.41, 5.74) is 1.38. The number of hydrogen-bond acceptors (Lipinski definition) is 6. The highest BCUT2D eigenvalue weighted by atomic mass is 19.1. The molecular weight excluding hydrogens is 475 g/mol. The maximum absolute atomic E-state index is 13.2. The summed E-state index contributed by atoms with van der Waals surface area (Å²) < 4.78 is 32.9. The second kappa shape index (κ2) is 10.3. The minimum absolute atomic E-state index is 0.205. The molecule has 1 saturated carbocycles. The van der Waals surface area contributed by atoms with E-state index in [0.29, 0.717) is 29.3 Å². The van der Waals surface area contributed by atoms with Gasteiger partial charge in [0.1, 0.15) is 23.6 Å². The molecule has 5 rings (SSSR count). The number of nitrogens with zero attached hydrogens (tertiary/aromatic N) is 3. The SMILES string of the molecule is COc1ccc(Cn2cnc(=O)c3[nH]c(C(C)(C)OCc4ccc(F)cc4)nc32)cc1OC1CCCC1. The zero-order chi connectivity index (χ0) is 26.0. The standard InChI is InChI=1S/C28H31FN4O4/c1-28(2,36-16-18-8-11-20(29)12-9-18)27-31-24-25(32-27)33(17-30-26(24)34)15-19-10-13-22(35-3)23(14-19)37-21-6-4-5-7-21/h8-14,17,21H,4-7,15-16H2,1-3H3,(H,31,32). The fraction of sp³-hybridized carbons (Fsp3) is 0.393. The number of nitrogens with one attached hydrogen (secondary N) is 1. The van der Waals surface area contributed by atoms with Crippen molar-refractivity contribution in [1.29, 1.82) is 0 Å². The number of benzene rings is 2. The van der Waals surface area contributed by atoms with E-state index in [1.54, 1.807) is 19.2 Å².